The Hall–Kier alpha value is 0.140. The number of thiophene rings is 1. The summed E-state index contributed by atoms with van der Waals surface area (Å²) in [5.74, 6) is 0.693. The first-order valence-electron chi connectivity index (χ1n) is 4.63. The summed E-state index contributed by atoms with van der Waals surface area (Å²) in [6.45, 7) is 4.71. The van der Waals surface area contributed by atoms with Crippen LogP contribution in [0.2, 0.25) is 0 Å². The summed E-state index contributed by atoms with van der Waals surface area (Å²) >= 11 is 5.47. The van der Waals surface area contributed by atoms with E-state index in [1.807, 2.05) is 11.3 Å². The highest BCUT2D eigenvalue weighted by Gasteiger charge is 2.19. The Morgan fingerprint density at radius 2 is 2.38 bits per heavy atom. The zero-order chi connectivity index (χ0) is 9.42. The summed E-state index contributed by atoms with van der Waals surface area (Å²) in [5.41, 5.74) is 1.55. The van der Waals surface area contributed by atoms with Crippen LogP contribution >= 0.6 is 27.3 Å². The molecule has 0 N–H and O–H groups in total. The van der Waals surface area contributed by atoms with Gasteiger partial charge in [-0.2, -0.15) is 0 Å². The van der Waals surface area contributed by atoms with Gasteiger partial charge in [-0.05, 0) is 41.0 Å². The minimum absolute atomic E-state index is 0.693. The molecule has 1 aliphatic rings. The SMILES string of the molecule is CC1CN(C)CCc2cc(Br)sc21. The van der Waals surface area contributed by atoms with E-state index in [0.29, 0.717) is 5.92 Å². The van der Waals surface area contributed by atoms with Crippen LogP contribution in [0.15, 0.2) is 9.85 Å². The molecular formula is C10H14BrNS. The molecule has 1 unspecified atom stereocenters. The second kappa shape index (κ2) is 3.71. The van der Waals surface area contributed by atoms with Crippen molar-refractivity contribution in [2.45, 2.75) is 19.3 Å². The Morgan fingerprint density at radius 1 is 1.62 bits per heavy atom. The first kappa shape index (κ1) is 9.69. The number of likely N-dealkylation sites (N-methyl/N-ethyl adjacent to an activating group) is 1. The summed E-state index contributed by atoms with van der Waals surface area (Å²) < 4.78 is 1.29. The Labute approximate surface area is 91.9 Å². The smallest absolute Gasteiger partial charge is 0.0704 e. The largest absolute Gasteiger partial charge is 0.305 e. The van der Waals surface area contributed by atoms with Crippen LogP contribution in [0.3, 0.4) is 0 Å². The number of hydrogen-bond donors (Lipinski definition) is 0. The van der Waals surface area contributed by atoms with E-state index < -0.39 is 0 Å². The fourth-order valence-corrected chi connectivity index (χ4v) is 3.75. The molecule has 13 heavy (non-hydrogen) atoms. The molecule has 1 aromatic rings. The van der Waals surface area contributed by atoms with E-state index in [9.17, 15) is 0 Å². The van der Waals surface area contributed by atoms with Gasteiger partial charge in [0.15, 0.2) is 0 Å². The Balaban J connectivity index is 2.33. The number of fused-ring (bicyclic) bond motifs is 1. The molecule has 1 atom stereocenters. The number of rotatable bonds is 0. The predicted molar refractivity (Wildman–Crippen MR) is 61.6 cm³/mol. The predicted octanol–water partition coefficient (Wildman–Crippen LogP) is 3.10. The van der Waals surface area contributed by atoms with Gasteiger partial charge in [0, 0.05) is 23.9 Å². The van der Waals surface area contributed by atoms with Gasteiger partial charge in [-0.1, -0.05) is 6.92 Å². The van der Waals surface area contributed by atoms with Crippen LogP contribution in [-0.2, 0) is 6.42 Å². The van der Waals surface area contributed by atoms with Crippen molar-refractivity contribution in [3.63, 3.8) is 0 Å². The molecule has 0 saturated heterocycles. The first-order valence-corrected chi connectivity index (χ1v) is 6.24. The molecule has 2 rings (SSSR count). The molecule has 0 spiro atoms. The standard InChI is InChI=1S/C10H14BrNS/c1-7-6-12(2)4-3-8-5-9(11)13-10(7)8/h5,7H,3-4,6H2,1-2H3. The molecule has 3 heteroatoms. The second-order valence-corrected chi connectivity index (χ2v) is 6.32. The van der Waals surface area contributed by atoms with E-state index in [1.165, 1.54) is 23.3 Å². The van der Waals surface area contributed by atoms with E-state index in [-0.39, 0.29) is 0 Å². The normalized spacial score (nSPS) is 24.1. The molecule has 0 amide bonds. The van der Waals surface area contributed by atoms with E-state index in [1.54, 1.807) is 10.4 Å². The molecule has 1 aliphatic heterocycles. The minimum Gasteiger partial charge on any atom is -0.305 e. The fraction of sp³-hybridized carbons (Fsp3) is 0.600. The van der Waals surface area contributed by atoms with Gasteiger partial charge >= 0.3 is 0 Å². The molecule has 1 aromatic heterocycles. The summed E-state index contributed by atoms with van der Waals surface area (Å²) in [6, 6.07) is 2.29. The van der Waals surface area contributed by atoms with Crippen LogP contribution in [0.5, 0.6) is 0 Å². The van der Waals surface area contributed by atoms with Gasteiger partial charge in [0.25, 0.3) is 0 Å². The van der Waals surface area contributed by atoms with Crippen molar-refractivity contribution in [3.05, 3.63) is 20.3 Å². The lowest BCUT2D eigenvalue weighted by Crippen LogP contribution is -2.22. The zero-order valence-electron chi connectivity index (χ0n) is 8.01. The first-order chi connectivity index (χ1) is 6.16. The molecule has 0 aromatic carbocycles. The number of nitrogens with zero attached hydrogens (tertiary/aromatic N) is 1. The highest BCUT2D eigenvalue weighted by Crippen LogP contribution is 2.35. The third-order valence-corrected chi connectivity index (χ3v) is 4.52. The Kier molecular flexibility index (Phi) is 2.77. The van der Waals surface area contributed by atoms with E-state index in [4.69, 9.17) is 0 Å². The summed E-state index contributed by atoms with van der Waals surface area (Å²) in [5, 5.41) is 0. The minimum atomic E-state index is 0.693. The van der Waals surface area contributed by atoms with Crippen molar-refractivity contribution < 1.29 is 0 Å². The number of halogens is 1. The van der Waals surface area contributed by atoms with Crippen molar-refractivity contribution in [2.75, 3.05) is 20.1 Å². The van der Waals surface area contributed by atoms with Crippen molar-refractivity contribution in [3.8, 4) is 0 Å². The molecule has 0 bridgehead atoms. The maximum atomic E-state index is 3.57. The van der Waals surface area contributed by atoms with Gasteiger partial charge < -0.3 is 4.90 Å². The van der Waals surface area contributed by atoms with E-state index >= 15 is 0 Å². The second-order valence-electron chi connectivity index (χ2n) is 3.85. The van der Waals surface area contributed by atoms with Gasteiger partial charge in [0.1, 0.15) is 0 Å². The maximum Gasteiger partial charge on any atom is 0.0704 e. The quantitative estimate of drug-likeness (QED) is 0.692. The van der Waals surface area contributed by atoms with Crippen LogP contribution < -0.4 is 0 Å². The Morgan fingerprint density at radius 3 is 3.15 bits per heavy atom. The van der Waals surface area contributed by atoms with E-state index in [2.05, 4.69) is 40.9 Å². The molecular weight excluding hydrogens is 246 g/mol. The topological polar surface area (TPSA) is 3.24 Å². The van der Waals surface area contributed by atoms with Crippen LogP contribution in [0.4, 0.5) is 0 Å². The van der Waals surface area contributed by atoms with Crippen molar-refractivity contribution in [1.82, 2.24) is 4.90 Å². The van der Waals surface area contributed by atoms with Gasteiger partial charge in [0.05, 0.1) is 3.79 Å². The summed E-state index contributed by atoms with van der Waals surface area (Å²) in [6.07, 6.45) is 1.21. The van der Waals surface area contributed by atoms with Gasteiger partial charge in [-0.15, -0.1) is 11.3 Å². The lowest BCUT2D eigenvalue weighted by molar-refractivity contribution is 0.332. The highest BCUT2D eigenvalue weighted by molar-refractivity contribution is 9.11. The van der Waals surface area contributed by atoms with Gasteiger partial charge in [0.2, 0.25) is 0 Å². The summed E-state index contributed by atoms with van der Waals surface area (Å²) in [7, 11) is 2.21. The average molecular weight is 260 g/mol. The van der Waals surface area contributed by atoms with Crippen LogP contribution in [0.1, 0.15) is 23.3 Å². The van der Waals surface area contributed by atoms with Crippen molar-refractivity contribution >= 4 is 27.3 Å². The lowest BCUT2D eigenvalue weighted by atomic mass is 10.1. The highest BCUT2D eigenvalue weighted by atomic mass is 79.9. The zero-order valence-corrected chi connectivity index (χ0v) is 10.4. The third-order valence-electron chi connectivity index (χ3n) is 2.61. The lowest BCUT2D eigenvalue weighted by Gasteiger charge is -2.16. The molecule has 1 nitrogen and oxygen atoms in total. The third kappa shape index (κ3) is 1.97. The summed E-state index contributed by atoms with van der Waals surface area (Å²) in [4.78, 5) is 4.00. The molecule has 0 saturated carbocycles. The maximum absolute atomic E-state index is 3.57. The molecule has 0 aliphatic carbocycles. The molecule has 72 valence electrons. The average Bonchev–Trinajstić information content (AvgIpc) is 2.38. The van der Waals surface area contributed by atoms with Crippen LogP contribution in [0.25, 0.3) is 0 Å². The van der Waals surface area contributed by atoms with Crippen LogP contribution in [-0.4, -0.2) is 25.0 Å². The van der Waals surface area contributed by atoms with Crippen molar-refractivity contribution in [2.24, 2.45) is 0 Å². The fourth-order valence-electron chi connectivity index (χ4n) is 1.97. The van der Waals surface area contributed by atoms with Gasteiger partial charge in [-0.3, -0.25) is 0 Å². The molecule has 0 fully saturated rings. The Bertz CT molecular complexity index is 308. The van der Waals surface area contributed by atoms with Gasteiger partial charge in [-0.25, -0.2) is 0 Å². The van der Waals surface area contributed by atoms with Crippen LogP contribution in [0, 0.1) is 0 Å². The molecule has 2 heterocycles. The number of hydrogen-bond acceptors (Lipinski definition) is 2. The monoisotopic (exact) mass is 259 g/mol. The van der Waals surface area contributed by atoms with Crippen molar-refractivity contribution in [1.29, 1.82) is 0 Å². The van der Waals surface area contributed by atoms with E-state index in [0.717, 1.165) is 0 Å². The molecule has 0 radical (unpaired) electrons.